The molecule has 0 saturated heterocycles. The van der Waals surface area contributed by atoms with Crippen LogP contribution in [0, 0.1) is 0 Å². The van der Waals surface area contributed by atoms with Gasteiger partial charge in [-0.25, -0.2) is 0 Å². The van der Waals surface area contributed by atoms with E-state index in [2.05, 4.69) is 14.0 Å². The van der Waals surface area contributed by atoms with Crippen LogP contribution in [0.15, 0.2) is 48.5 Å². The Labute approximate surface area is 105 Å². The largest absolute Gasteiger partial charge is 0.573 e. The zero-order valence-electron chi connectivity index (χ0n) is 9.24. The maximum absolute atomic E-state index is 12.3. The molecule has 5 heteroatoms. The normalized spacial score (nSPS) is 11.3. The lowest BCUT2D eigenvalue weighted by Gasteiger charge is -2.14. The fraction of sp³-hybridized carbons (Fsp3) is 0.0769. The maximum Gasteiger partial charge on any atom is 0.573 e. The van der Waals surface area contributed by atoms with Crippen molar-refractivity contribution < 1.29 is 17.9 Å². The van der Waals surface area contributed by atoms with Gasteiger partial charge in [-0.1, -0.05) is 42.5 Å². The summed E-state index contributed by atoms with van der Waals surface area (Å²) in [6.07, 6.45) is -4.69. The van der Waals surface area contributed by atoms with Gasteiger partial charge in [0.15, 0.2) is 0 Å². The molecule has 0 fully saturated rings. The van der Waals surface area contributed by atoms with Crippen molar-refractivity contribution in [3.63, 3.8) is 0 Å². The minimum absolute atomic E-state index is 0.195. The molecule has 94 valence electrons. The predicted molar refractivity (Wildman–Crippen MR) is 67.9 cm³/mol. The van der Waals surface area contributed by atoms with E-state index in [1.54, 1.807) is 24.3 Å². The Morgan fingerprint density at radius 1 is 0.833 bits per heavy atom. The molecule has 18 heavy (non-hydrogen) atoms. The monoisotopic (exact) mass is 270 g/mol. The molecule has 0 aliphatic heterocycles. The van der Waals surface area contributed by atoms with Crippen molar-refractivity contribution >= 4 is 14.5 Å². The van der Waals surface area contributed by atoms with Crippen molar-refractivity contribution in [3.05, 3.63) is 48.5 Å². The molecule has 0 radical (unpaired) electrons. The van der Waals surface area contributed by atoms with Crippen molar-refractivity contribution in [2.75, 3.05) is 0 Å². The summed E-state index contributed by atoms with van der Waals surface area (Å²) in [7, 11) is 2.50. The highest BCUT2D eigenvalue weighted by Gasteiger charge is 2.32. The molecule has 0 aliphatic carbocycles. The van der Waals surface area contributed by atoms with E-state index in [1.165, 1.54) is 12.1 Å². The van der Waals surface area contributed by atoms with E-state index in [0.717, 1.165) is 5.30 Å². The van der Waals surface area contributed by atoms with Gasteiger partial charge in [0.05, 0.1) is 0 Å². The number of para-hydroxylation sites is 1. The Hall–Kier alpha value is -1.54. The number of hydrogen-bond donors (Lipinski definition) is 0. The second kappa shape index (κ2) is 4.99. The summed E-state index contributed by atoms with van der Waals surface area (Å²) < 4.78 is 41.0. The summed E-state index contributed by atoms with van der Waals surface area (Å²) in [6.45, 7) is 0. The molecule has 0 aliphatic rings. The van der Waals surface area contributed by atoms with Crippen LogP contribution in [0.4, 0.5) is 13.2 Å². The topological polar surface area (TPSA) is 9.23 Å². The highest BCUT2D eigenvalue weighted by Crippen LogP contribution is 2.33. The van der Waals surface area contributed by atoms with Gasteiger partial charge < -0.3 is 4.74 Å². The first kappa shape index (κ1) is 12.9. The van der Waals surface area contributed by atoms with Gasteiger partial charge in [0.1, 0.15) is 5.75 Å². The van der Waals surface area contributed by atoms with Gasteiger partial charge in [0.25, 0.3) is 0 Å². The van der Waals surface area contributed by atoms with Crippen LogP contribution in [0.5, 0.6) is 5.75 Å². The van der Waals surface area contributed by atoms with Gasteiger partial charge in [-0.2, -0.15) is 0 Å². The molecule has 1 unspecified atom stereocenters. The van der Waals surface area contributed by atoms with E-state index in [4.69, 9.17) is 0 Å². The predicted octanol–water partition coefficient (Wildman–Crippen LogP) is 3.75. The van der Waals surface area contributed by atoms with Crippen LogP contribution >= 0.6 is 9.24 Å². The molecule has 0 saturated carbocycles. The number of alkyl halides is 3. The Balaban J connectivity index is 2.49. The molecule has 2 aromatic carbocycles. The van der Waals surface area contributed by atoms with Crippen molar-refractivity contribution in [1.29, 1.82) is 0 Å². The summed E-state index contributed by atoms with van der Waals surface area (Å²) in [6, 6.07) is 13.2. The van der Waals surface area contributed by atoms with Gasteiger partial charge in [-0.05, 0) is 16.9 Å². The van der Waals surface area contributed by atoms with Crippen LogP contribution in [-0.2, 0) is 0 Å². The standard InChI is InChI=1S/C13H10F3OP/c14-13(15,16)17-11-7-3-1-5-9(11)10-6-2-4-8-12(10)18/h1-8H,18H2. The lowest BCUT2D eigenvalue weighted by molar-refractivity contribution is -0.274. The Morgan fingerprint density at radius 2 is 1.39 bits per heavy atom. The fourth-order valence-corrected chi connectivity index (χ4v) is 2.01. The third-order valence-corrected chi connectivity index (χ3v) is 2.87. The first-order valence-corrected chi connectivity index (χ1v) is 5.75. The molecule has 1 atom stereocenters. The molecular formula is C13H10F3OP. The lowest BCUT2D eigenvalue weighted by atomic mass is 10.0. The van der Waals surface area contributed by atoms with Gasteiger partial charge in [-0.3, -0.25) is 0 Å². The van der Waals surface area contributed by atoms with Crippen LogP contribution in [0.3, 0.4) is 0 Å². The minimum atomic E-state index is -4.69. The van der Waals surface area contributed by atoms with Crippen molar-refractivity contribution in [2.24, 2.45) is 0 Å². The molecule has 0 amide bonds. The smallest absolute Gasteiger partial charge is 0.405 e. The SMILES string of the molecule is FC(F)(F)Oc1ccccc1-c1ccccc1P. The number of rotatable bonds is 2. The first-order chi connectivity index (χ1) is 8.47. The van der Waals surface area contributed by atoms with E-state index in [1.807, 2.05) is 12.1 Å². The summed E-state index contributed by atoms with van der Waals surface area (Å²) in [5.41, 5.74) is 1.11. The number of benzene rings is 2. The van der Waals surface area contributed by atoms with Gasteiger partial charge in [0.2, 0.25) is 0 Å². The quantitative estimate of drug-likeness (QED) is 0.755. The van der Waals surface area contributed by atoms with Crippen LogP contribution in [0.1, 0.15) is 0 Å². The van der Waals surface area contributed by atoms with E-state index >= 15 is 0 Å². The molecule has 0 spiro atoms. The zero-order valence-corrected chi connectivity index (χ0v) is 10.4. The molecule has 2 aromatic rings. The highest BCUT2D eigenvalue weighted by atomic mass is 31.0. The molecule has 2 rings (SSSR count). The van der Waals surface area contributed by atoms with Gasteiger partial charge >= 0.3 is 6.36 Å². The van der Waals surface area contributed by atoms with E-state index in [9.17, 15) is 13.2 Å². The summed E-state index contributed by atoms with van der Waals surface area (Å²) in [5.74, 6) is -0.195. The Morgan fingerprint density at radius 3 is 2.00 bits per heavy atom. The van der Waals surface area contributed by atoms with Crippen LogP contribution < -0.4 is 10.0 Å². The summed E-state index contributed by atoms with van der Waals surface area (Å²) in [5, 5.41) is 0.815. The molecule has 1 nitrogen and oxygen atoms in total. The average Bonchev–Trinajstić information content (AvgIpc) is 2.29. The molecule has 0 aromatic heterocycles. The number of hydrogen-bond acceptors (Lipinski definition) is 1. The second-order valence-electron chi connectivity index (χ2n) is 3.63. The van der Waals surface area contributed by atoms with E-state index in [-0.39, 0.29) is 5.75 Å². The average molecular weight is 270 g/mol. The number of ether oxygens (including phenoxy) is 1. The molecule has 0 bridgehead atoms. The minimum Gasteiger partial charge on any atom is -0.405 e. The second-order valence-corrected chi connectivity index (χ2v) is 4.25. The van der Waals surface area contributed by atoms with Gasteiger partial charge in [0, 0.05) is 5.56 Å². The number of halogens is 3. The van der Waals surface area contributed by atoms with Crippen molar-refractivity contribution in [2.45, 2.75) is 6.36 Å². The Kier molecular flexibility index (Phi) is 3.58. The van der Waals surface area contributed by atoms with Crippen LogP contribution in [0.25, 0.3) is 11.1 Å². The Bertz CT molecular complexity index is 552. The van der Waals surface area contributed by atoms with Crippen molar-refractivity contribution in [3.8, 4) is 16.9 Å². The van der Waals surface area contributed by atoms with Crippen LogP contribution in [0.2, 0.25) is 0 Å². The lowest BCUT2D eigenvalue weighted by Crippen LogP contribution is -2.17. The molecule has 0 heterocycles. The first-order valence-electron chi connectivity index (χ1n) is 5.17. The zero-order chi connectivity index (χ0) is 13.2. The third-order valence-electron chi connectivity index (χ3n) is 2.36. The third kappa shape index (κ3) is 3.02. The fourth-order valence-electron chi connectivity index (χ4n) is 1.65. The summed E-state index contributed by atoms with van der Waals surface area (Å²) >= 11 is 0. The highest BCUT2D eigenvalue weighted by molar-refractivity contribution is 7.28. The van der Waals surface area contributed by atoms with Crippen LogP contribution in [-0.4, -0.2) is 6.36 Å². The van der Waals surface area contributed by atoms with E-state index < -0.39 is 6.36 Å². The summed E-state index contributed by atoms with van der Waals surface area (Å²) in [4.78, 5) is 0. The van der Waals surface area contributed by atoms with E-state index in [0.29, 0.717) is 11.1 Å². The molecule has 0 N–H and O–H groups in total. The molecular weight excluding hydrogens is 260 g/mol. The maximum atomic E-state index is 12.3. The van der Waals surface area contributed by atoms with Crippen molar-refractivity contribution in [1.82, 2.24) is 0 Å². The van der Waals surface area contributed by atoms with Gasteiger partial charge in [-0.15, -0.1) is 22.4 Å².